The predicted molar refractivity (Wildman–Crippen MR) is 99.7 cm³/mol. The second-order valence-electron chi connectivity index (χ2n) is 7.43. The summed E-state index contributed by atoms with van der Waals surface area (Å²) >= 11 is 0. The molecule has 1 saturated carbocycles. The second kappa shape index (κ2) is 7.51. The molecule has 0 atom stereocenters. The van der Waals surface area contributed by atoms with E-state index in [4.69, 9.17) is 0 Å². The van der Waals surface area contributed by atoms with E-state index >= 15 is 0 Å². The fourth-order valence-electron chi connectivity index (χ4n) is 3.55. The summed E-state index contributed by atoms with van der Waals surface area (Å²) in [6.07, 6.45) is -2.40. The SMILES string of the molecule is Cc1cc(C)c(S(=O)(=O)NCCCn2nc(C(F)(F)F)cc2C2CC2)c(C)c1. The average molecular weight is 415 g/mol. The van der Waals surface area contributed by atoms with Crippen molar-refractivity contribution in [3.63, 3.8) is 0 Å². The Bertz CT molecular complexity index is 954. The number of aryl methyl sites for hydroxylation is 4. The number of sulfonamides is 1. The average Bonchev–Trinajstić information content (AvgIpc) is 3.28. The Kier molecular flexibility index (Phi) is 5.60. The van der Waals surface area contributed by atoms with Crippen molar-refractivity contribution in [1.82, 2.24) is 14.5 Å². The van der Waals surface area contributed by atoms with Gasteiger partial charge in [0.1, 0.15) is 0 Å². The number of hydrogen-bond acceptors (Lipinski definition) is 3. The van der Waals surface area contributed by atoms with E-state index in [0.29, 0.717) is 23.2 Å². The zero-order valence-corrected chi connectivity index (χ0v) is 16.9. The third-order valence-electron chi connectivity index (χ3n) is 4.81. The van der Waals surface area contributed by atoms with Crippen molar-refractivity contribution in [2.24, 2.45) is 0 Å². The molecule has 1 heterocycles. The predicted octanol–water partition coefficient (Wildman–Crippen LogP) is 4.07. The van der Waals surface area contributed by atoms with Crippen molar-refractivity contribution in [3.8, 4) is 0 Å². The molecule has 1 fully saturated rings. The van der Waals surface area contributed by atoms with Gasteiger partial charge in [0.2, 0.25) is 10.0 Å². The molecule has 1 aliphatic rings. The van der Waals surface area contributed by atoms with Crippen molar-refractivity contribution in [1.29, 1.82) is 0 Å². The highest BCUT2D eigenvalue weighted by Gasteiger charge is 2.37. The minimum absolute atomic E-state index is 0.123. The minimum Gasteiger partial charge on any atom is -0.269 e. The van der Waals surface area contributed by atoms with Gasteiger partial charge in [-0.25, -0.2) is 13.1 Å². The quantitative estimate of drug-likeness (QED) is 0.694. The first-order valence-corrected chi connectivity index (χ1v) is 10.7. The van der Waals surface area contributed by atoms with E-state index in [-0.39, 0.29) is 23.9 Å². The number of nitrogens with one attached hydrogen (secondary N) is 1. The van der Waals surface area contributed by atoms with Crippen molar-refractivity contribution in [3.05, 3.63) is 46.3 Å². The molecule has 1 aromatic heterocycles. The molecule has 0 amide bonds. The molecule has 28 heavy (non-hydrogen) atoms. The Morgan fingerprint density at radius 1 is 1.14 bits per heavy atom. The molecule has 0 saturated heterocycles. The first-order valence-electron chi connectivity index (χ1n) is 9.21. The number of benzene rings is 1. The van der Waals surface area contributed by atoms with Gasteiger partial charge in [-0.3, -0.25) is 4.68 Å². The van der Waals surface area contributed by atoms with Gasteiger partial charge in [0.15, 0.2) is 5.69 Å². The molecular weight excluding hydrogens is 391 g/mol. The van der Waals surface area contributed by atoms with Crippen LogP contribution in [0.15, 0.2) is 23.1 Å². The van der Waals surface area contributed by atoms with Crippen LogP contribution in [0.4, 0.5) is 13.2 Å². The van der Waals surface area contributed by atoms with Gasteiger partial charge in [-0.05, 0) is 57.2 Å². The second-order valence-corrected chi connectivity index (χ2v) is 9.13. The first-order chi connectivity index (χ1) is 13.0. The van der Waals surface area contributed by atoms with Crippen LogP contribution in [0.25, 0.3) is 0 Å². The van der Waals surface area contributed by atoms with E-state index in [2.05, 4.69) is 9.82 Å². The van der Waals surface area contributed by atoms with E-state index in [1.807, 2.05) is 19.1 Å². The topological polar surface area (TPSA) is 64.0 Å². The highest BCUT2D eigenvalue weighted by molar-refractivity contribution is 7.89. The first kappa shape index (κ1) is 20.9. The summed E-state index contributed by atoms with van der Waals surface area (Å²) in [6, 6.07) is 4.73. The smallest absolute Gasteiger partial charge is 0.269 e. The highest BCUT2D eigenvalue weighted by atomic mass is 32.2. The molecular formula is C19H24F3N3O2S. The largest absolute Gasteiger partial charge is 0.435 e. The van der Waals surface area contributed by atoms with Gasteiger partial charge in [0.25, 0.3) is 0 Å². The van der Waals surface area contributed by atoms with Crippen LogP contribution in [-0.2, 0) is 22.7 Å². The lowest BCUT2D eigenvalue weighted by molar-refractivity contribution is -0.141. The number of nitrogens with zero attached hydrogens (tertiary/aromatic N) is 2. The van der Waals surface area contributed by atoms with Gasteiger partial charge in [-0.15, -0.1) is 0 Å². The third kappa shape index (κ3) is 4.57. The van der Waals surface area contributed by atoms with E-state index in [9.17, 15) is 21.6 Å². The van der Waals surface area contributed by atoms with Crippen molar-refractivity contribution >= 4 is 10.0 Å². The highest BCUT2D eigenvalue weighted by Crippen LogP contribution is 2.42. The molecule has 3 rings (SSSR count). The molecule has 9 heteroatoms. The molecule has 0 bridgehead atoms. The number of hydrogen-bond donors (Lipinski definition) is 1. The molecule has 0 spiro atoms. The maximum atomic E-state index is 12.9. The summed E-state index contributed by atoms with van der Waals surface area (Å²) in [5.41, 5.74) is 2.02. The van der Waals surface area contributed by atoms with Gasteiger partial charge < -0.3 is 0 Å². The summed E-state index contributed by atoms with van der Waals surface area (Å²) in [6.45, 7) is 5.76. The summed E-state index contributed by atoms with van der Waals surface area (Å²) in [4.78, 5) is 0.259. The molecule has 154 valence electrons. The van der Waals surface area contributed by atoms with Crippen LogP contribution in [0.3, 0.4) is 0 Å². The molecule has 2 aromatic rings. The zero-order chi connectivity index (χ0) is 20.7. The summed E-state index contributed by atoms with van der Waals surface area (Å²) in [7, 11) is -3.68. The van der Waals surface area contributed by atoms with Crippen molar-refractivity contribution < 1.29 is 21.6 Å². The monoisotopic (exact) mass is 415 g/mol. The van der Waals surface area contributed by atoms with Crippen LogP contribution in [0, 0.1) is 20.8 Å². The van der Waals surface area contributed by atoms with Gasteiger partial charge in [-0.1, -0.05) is 17.7 Å². The van der Waals surface area contributed by atoms with E-state index in [1.165, 1.54) is 4.68 Å². The van der Waals surface area contributed by atoms with Gasteiger partial charge in [0.05, 0.1) is 4.90 Å². The molecule has 0 unspecified atom stereocenters. The van der Waals surface area contributed by atoms with Gasteiger partial charge in [-0.2, -0.15) is 18.3 Å². The van der Waals surface area contributed by atoms with Crippen LogP contribution in [0.2, 0.25) is 0 Å². The molecule has 0 aliphatic heterocycles. The van der Waals surface area contributed by atoms with Gasteiger partial charge in [0, 0.05) is 24.7 Å². The van der Waals surface area contributed by atoms with Crippen LogP contribution in [0.5, 0.6) is 0 Å². The number of rotatable bonds is 7. The Morgan fingerprint density at radius 2 is 1.75 bits per heavy atom. The summed E-state index contributed by atoms with van der Waals surface area (Å²) < 4.78 is 68.0. The van der Waals surface area contributed by atoms with E-state index in [0.717, 1.165) is 24.5 Å². The molecule has 1 N–H and O–H groups in total. The maximum absolute atomic E-state index is 12.9. The third-order valence-corrected chi connectivity index (χ3v) is 6.57. The standard InChI is InChI=1S/C19H24F3N3O2S/c1-12-9-13(2)18(14(3)10-12)28(26,27)23-7-4-8-25-16(15-5-6-15)11-17(24-25)19(20,21)22/h9-11,15,23H,4-8H2,1-3H3. The lowest BCUT2D eigenvalue weighted by Gasteiger charge is -2.13. The number of aromatic nitrogens is 2. The number of halogens is 3. The normalized spacial score (nSPS) is 15.2. The molecule has 5 nitrogen and oxygen atoms in total. The van der Waals surface area contributed by atoms with Crippen LogP contribution in [0.1, 0.15) is 53.3 Å². The fraction of sp³-hybridized carbons (Fsp3) is 0.526. The Morgan fingerprint density at radius 3 is 2.29 bits per heavy atom. The lowest BCUT2D eigenvalue weighted by Crippen LogP contribution is -2.27. The van der Waals surface area contributed by atoms with E-state index < -0.39 is 21.9 Å². The zero-order valence-electron chi connectivity index (χ0n) is 16.1. The lowest BCUT2D eigenvalue weighted by atomic mass is 10.1. The maximum Gasteiger partial charge on any atom is 0.435 e. The Labute approximate surface area is 163 Å². The molecule has 1 aliphatic carbocycles. The number of alkyl halides is 3. The van der Waals surface area contributed by atoms with Gasteiger partial charge >= 0.3 is 6.18 Å². The molecule has 0 radical (unpaired) electrons. The fourth-order valence-corrected chi connectivity index (χ4v) is 5.08. The van der Waals surface area contributed by atoms with Crippen LogP contribution >= 0.6 is 0 Å². The Hall–Kier alpha value is -1.87. The van der Waals surface area contributed by atoms with E-state index in [1.54, 1.807) is 13.8 Å². The summed E-state index contributed by atoms with van der Waals surface area (Å²) in [5, 5.41) is 3.69. The minimum atomic E-state index is -4.48. The van der Waals surface area contributed by atoms with Crippen molar-refractivity contribution in [2.75, 3.05) is 6.54 Å². The van der Waals surface area contributed by atoms with Crippen LogP contribution in [-0.4, -0.2) is 24.7 Å². The van der Waals surface area contributed by atoms with Crippen LogP contribution < -0.4 is 4.72 Å². The summed E-state index contributed by atoms with van der Waals surface area (Å²) in [5.74, 6) is 0.123. The molecule has 1 aromatic carbocycles. The Balaban J connectivity index is 1.66. The van der Waals surface area contributed by atoms with Crippen molar-refractivity contribution in [2.45, 2.75) is 63.6 Å².